The van der Waals surface area contributed by atoms with Crippen LogP contribution in [0.3, 0.4) is 0 Å². The molecule has 0 heterocycles. The summed E-state index contributed by atoms with van der Waals surface area (Å²) < 4.78 is 0. The summed E-state index contributed by atoms with van der Waals surface area (Å²) >= 11 is 0. The fraction of sp³-hybridized carbons (Fsp3) is 0.170. The van der Waals surface area contributed by atoms with Gasteiger partial charge in [0.1, 0.15) is 0 Å². The highest BCUT2D eigenvalue weighted by Gasteiger charge is 2.55. The van der Waals surface area contributed by atoms with Crippen LogP contribution in [-0.4, -0.2) is 0 Å². The Morgan fingerprint density at radius 1 is 0.472 bits per heavy atom. The van der Waals surface area contributed by atoms with Crippen molar-refractivity contribution in [2.24, 2.45) is 0 Å². The van der Waals surface area contributed by atoms with Crippen LogP contribution in [0.2, 0.25) is 0 Å². The quantitative estimate of drug-likeness (QED) is 0.142. The van der Waals surface area contributed by atoms with Crippen LogP contribution in [0.1, 0.15) is 99.7 Å². The van der Waals surface area contributed by atoms with E-state index in [0.717, 1.165) is 12.8 Å². The van der Waals surface area contributed by atoms with Crippen molar-refractivity contribution in [2.45, 2.75) is 56.8 Å². The van der Waals surface area contributed by atoms with Gasteiger partial charge in [-0.3, -0.25) is 0 Å². The highest BCUT2D eigenvalue weighted by atomic mass is 14.6. The van der Waals surface area contributed by atoms with Crippen LogP contribution in [0.25, 0.3) is 17.2 Å². The third kappa shape index (κ3) is 5.69. The van der Waals surface area contributed by atoms with Crippen LogP contribution < -0.4 is 0 Å². The molecule has 0 bridgehead atoms. The zero-order chi connectivity index (χ0) is 35.9. The van der Waals surface area contributed by atoms with E-state index >= 15 is 0 Å². The van der Waals surface area contributed by atoms with Crippen LogP contribution in [0, 0.1) is 0 Å². The molecule has 258 valence electrons. The fourth-order valence-electron chi connectivity index (χ4n) is 9.87. The Bertz CT molecular complexity index is 2290. The van der Waals surface area contributed by atoms with E-state index in [1.54, 1.807) is 0 Å². The summed E-state index contributed by atoms with van der Waals surface area (Å²) in [6, 6.07) is 66.6. The van der Waals surface area contributed by atoms with Gasteiger partial charge in [0.2, 0.25) is 0 Å². The molecule has 0 nitrogen and oxygen atoms in total. The molecule has 0 aliphatic heterocycles. The maximum Gasteiger partial charge on any atom is 0.0418 e. The minimum Gasteiger partial charge on any atom is -0.0639 e. The number of rotatable bonds is 9. The molecule has 0 spiro atoms. The molecule has 1 atom stereocenters. The summed E-state index contributed by atoms with van der Waals surface area (Å²) in [5, 5.41) is 0. The van der Waals surface area contributed by atoms with Gasteiger partial charge in [0.15, 0.2) is 0 Å². The molecule has 0 saturated heterocycles. The van der Waals surface area contributed by atoms with Crippen LogP contribution in [0.4, 0.5) is 0 Å². The lowest BCUT2D eigenvalue weighted by atomic mass is 9.53. The summed E-state index contributed by atoms with van der Waals surface area (Å²) in [6.45, 7) is 7.11. The molecule has 0 saturated carbocycles. The number of hydrogen-bond donors (Lipinski definition) is 0. The molecular formula is C53H46. The lowest BCUT2D eigenvalue weighted by Gasteiger charge is -2.48. The Hall–Kier alpha value is -5.72. The molecule has 2 aliphatic rings. The largest absolute Gasteiger partial charge is 0.0639 e. The van der Waals surface area contributed by atoms with Gasteiger partial charge in [-0.25, -0.2) is 0 Å². The number of fused-ring (bicyclic) bond motifs is 4. The van der Waals surface area contributed by atoms with Crippen LogP contribution >= 0.6 is 0 Å². The first-order valence-corrected chi connectivity index (χ1v) is 19.3. The fourth-order valence-corrected chi connectivity index (χ4v) is 9.87. The van der Waals surface area contributed by atoms with Crippen molar-refractivity contribution < 1.29 is 0 Å². The topological polar surface area (TPSA) is 0 Å². The highest BCUT2D eigenvalue weighted by molar-refractivity contribution is 5.83. The van der Waals surface area contributed by atoms with E-state index in [2.05, 4.69) is 203 Å². The summed E-state index contributed by atoms with van der Waals surface area (Å²) in [5.41, 5.74) is 19.0. The van der Waals surface area contributed by atoms with Gasteiger partial charge in [0.25, 0.3) is 0 Å². The maximum atomic E-state index is 2.56. The molecule has 2 aliphatic carbocycles. The third-order valence-electron chi connectivity index (χ3n) is 12.0. The summed E-state index contributed by atoms with van der Waals surface area (Å²) in [6.07, 6.45) is 4.30. The van der Waals surface area contributed by atoms with Gasteiger partial charge < -0.3 is 0 Å². The Kier molecular flexibility index (Phi) is 8.55. The van der Waals surface area contributed by atoms with E-state index in [1.165, 1.54) is 77.9 Å². The van der Waals surface area contributed by atoms with Crippen LogP contribution in [-0.2, 0) is 18.3 Å². The van der Waals surface area contributed by atoms with Gasteiger partial charge in [-0.15, -0.1) is 0 Å². The summed E-state index contributed by atoms with van der Waals surface area (Å²) in [7, 11) is 0. The standard InChI is InChI=1S/C53H46/c1-36(2)45-26-16-21-42-31-37(3)51(50(42)45)53(43-22-12-6-13-23-43,44-24-14-7-15-25-44)52-48-34-40(32-38-17-8-4-9-18-38)27-29-46(48)47-30-28-41(35-49(47)52)33-39-19-10-5-11-20-39/h4-31,34-36,51-52H,32-33H2,1-3H3. The Balaban J connectivity index is 1.37. The van der Waals surface area contributed by atoms with Gasteiger partial charge in [0, 0.05) is 17.3 Å². The monoisotopic (exact) mass is 682 g/mol. The average Bonchev–Trinajstić information content (AvgIpc) is 3.71. The second kappa shape index (κ2) is 13.7. The predicted molar refractivity (Wildman–Crippen MR) is 223 cm³/mol. The zero-order valence-corrected chi connectivity index (χ0v) is 31.0. The first kappa shape index (κ1) is 33.1. The molecule has 53 heavy (non-hydrogen) atoms. The van der Waals surface area contributed by atoms with Gasteiger partial charge in [-0.1, -0.05) is 201 Å². The highest BCUT2D eigenvalue weighted by Crippen LogP contribution is 2.65. The van der Waals surface area contributed by atoms with Crippen molar-refractivity contribution >= 4 is 6.08 Å². The normalized spacial score (nSPS) is 14.9. The lowest BCUT2D eigenvalue weighted by Crippen LogP contribution is -2.41. The molecule has 7 aromatic carbocycles. The number of allylic oxidation sites excluding steroid dienone is 1. The van der Waals surface area contributed by atoms with Gasteiger partial charge in [-0.2, -0.15) is 0 Å². The molecule has 0 radical (unpaired) electrons. The SMILES string of the molecule is CC1=Cc2cccc(C(C)C)c2C1C(c1ccccc1)(c1ccccc1)C1c2cc(Cc3ccccc3)ccc2-c2ccc(Cc3ccccc3)cc21. The van der Waals surface area contributed by atoms with Gasteiger partial charge in [-0.05, 0) is 98.0 Å². The molecule has 0 aromatic heterocycles. The molecule has 1 unspecified atom stereocenters. The van der Waals surface area contributed by atoms with Crippen molar-refractivity contribution in [3.63, 3.8) is 0 Å². The third-order valence-corrected chi connectivity index (χ3v) is 12.0. The van der Waals surface area contributed by atoms with E-state index in [9.17, 15) is 0 Å². The zero-order valence-electron chi connectivity index (χ0n) is 31.0. The predicted octanol–water partition coefficient (Wildman–Crippen LogP) is 13.3. The Morgan fingerprint density at radius 2 is 0.943 bits per heavy atom. The minimum atomic E-state index is -0.448. The van der Waals surface area contributed by atoms with Crippen LogP contribution in [0.15, 0.2) is 181 Å². The molecule has 0 N–H and O–H groups in total. The first-order chi connectivity index (χ1) is 26.0. The first-order valence-electron chi connectivity index (χ1n) is 19.3. The summed E-state index contributed by atoms with van der Waals surface area (Å²) in [4.78, 5) is 0. The van der Waals surface area contributed by atoms with Crippen molar-refractivity contribution in [3.8, 4) is 11.1 Å². The lowest BCUT2D eigenvalue weighted by molar-refractivity contribution is 0.403. The Morgan fingerprint density at radius 3 is 1.42 bits per heavy atom. The molecule has 9 rings (SSSR count). The molecule has 0 fully saturated rings. The second-order valence-electron chi connectivity index (χ2n) is 15.5. The second-order valence-corrected chi connectivity index (χ2v) is 15.5. The molecular weight excluding hydrogens is 637 g/mol. The smallest absolute Gasteiger partial charge is 0.0418 e. The van der Waals surface area contributed by atoms with E-state index in [4.69, 9.17) is 0 Å². The van der Waals surface area contributed by atoms with E-state index in [0.29, 0.717) is 5.92 Å². The van der Waals surface area contributed by atoms with E-state index < -0.39 is 5.41 Å². The van der Waals surface area contributed by atoms with E-state index in [1.807, 2.05) is 0 Å². The number of benzene rings is 7. The average molecular weight is 683 g/mol. The van der Waals surface area contributed by atoms with Crippen molar-refractivity contribution in [3.05, 3.63) is 243 Å². The van der Waals surface area contributed by atoms with Crippen molar-refractivity contribution in [1.82, 2.24) is 0 Å². The van der Waals surface area contributed by atoms with Crippen molar-refractivity contribution in [2.75, 3.05) is 0 Å². The van der Waals surface area contributed by atoms with Gasteiger partial charge >= 0.3 is 0 Å². The molecule has 0 amide bonds. The van der Waals surface area contributed by atoms with Gasteiger partial charge in [0.05, 0.1) is 0 Å². The van der Waals surface area contributed by atoms with Crippen LogP contribution in [0.5, 0.6) is 0 Å². The number of hydrogen-bond acceptors (Lipinski definition) is 0. The minimum absolute atomic E-state index is 0.0586. The maximum absolute atomic E-state index is 2.56. The Labute approximate surface area is 315 Å². The van der Waals surface area contributed by atoms with E-state index in [-0.39, 0.29) is 11.8 Å². The molecule has 0 heteroatoms. The molecule has 7 aromatic rings. The summed E-state index contributed by atoms with van der Waals surface area (Å²) in [5.74, 6) is 0.581. The van der Waals surface area contributed by atoms with Crippen molar-refractivity contribution in [1.29, 1.82) is 0 Å².